The highest BCUT2D eigenvalue weighted by molar-refractivity contribution is 5.96. The molecule has 0 spiro atoms. The first kappa shape index (κ1) is 18.9. The zero-order valence-corrected chi connectivity index (χ0v) is 16.0. The van der Waals surface area contributed by atoms with Crippen LogP contribution < -0.4 is 10.2 Å². The third-order valence-electron chi connectivity index (χ3n) is 4.44. The van der Waals surface area contributed by atoms with E-state index in [1.54, 1.807) is 6.92 Å². The minimum Gasteiger partial charge on any atom is -0.444 e. The molecular formula is C20H23FN4O2. The summed E-state index contributed by atoms with van der Waals surface area (Å²) >= 11 is 0. The number of anilines is 1. The molecule has 1 atom stereocenters. The Morgan fingerprint density at radius 2 is 2.19 bits per heavy atom. The van der Waals surface area contributed by atoms with Gasteiger partial charge in [0.05, 0.1) is 22.8 Å². The number of alkyl carbamates (subject to hydrolysis) is 1. The zero-order chi connectivity index (χ0) is 19.8. The summed E-state index contributed by atoms with van der Waals surface area (Å²) in [6.45, 7) is 8.39. The summed E-state index contributed by atoms with van der Waals surface area (Å²) < 4.78 is 19.3. The second-order valence-corrected chi connectivity index (χ2v) is 7.83. The van der Waals surface area contributed by atoms with E-state index < -0.39 is 11.7 Å². The number of amides is 1. The maximum atomic E-state index is 14.0. The van der Waals surface area contributed by atoms with E-state index in [0.717, 1.165) is 5.56 Å². The fourth-order valence-corrected chi connectivity index (χ4v) is 3.40. The number of nitrogens with one attached hydrogen (secondary N) is 1. The van der Waals surface area contributed by atoms with Gasteiger partial charge in [0.15, 0.2) is 0 Å². The van der Waals surface area contributed by atoms with E-state index in [-0.39, 0.29) is 11.9 Å². The lowest BCUT2D eigenvalue weighted by Crippen LogP contribution is -2.40. The molecule has 0 aliphatic carbocycles. The van der Waals surface area contributed by atoms with Gasteiger partial charge in [0, 0.05) is 24.7 Å². The van der Waals surface area contributed by atoms with E-state index in [9.17, 15) is 14.4 Å². The minimum atomic E-state index is -0.563. The van der Waals surface area contributed by atoms with Crippen LogP contribution in [-0.2, 0) is 4.74 Å². The smallest absolute Gasteiger partial charge is 0.407 e. The largest absolute Gasteiger partial charge is 0.444 e. The number of nitrogens with zero attached hydrogens (tertiary/aromatic N) is 3. The fraction of sp³-hybridized carbons (Fsp3) is 0.450. The first-order valence-corrected chi connectivity index (χ1v) is 8.91. The summed E-state index contributed by atoms with van der Waals surface area (Å²) in [5.74, 6) is -0.360. The second-order valence-electron chi connectivity index (χ2n) is 7.83. The van der Waals surface area contributed by atoms with E-state index >= 15 is 0 Å². The van der Waals surface area contributed by atoms with Crippen molar-refractivity contribution < 1.29 is 13.9 Å². The molecule has 1 aliphatic heterocycles. The third kappa shape index (κ3) is 4.11. The molecule has 3 rings (SSSR count). The van der Waals surface area contributed by atoms with E-state index in [2.05, 4.69) is 16.4 Å². The van der Waals surface area contributed by atoms with Crippen LogP contribution >= 0.6 is 0 Å². The van der Waals surface area contributed by atoms with Gasteiger partial charge in [-0.15, -0.1) is 0 Å². The minimum absolute atomic E-state index is 0.107. The van der Waals surface area contributed by atoms with Crippen LogP contribution in [0.5, 0.6) is 0 Å². The van der Waals surface area contributed by atoms with Gasteiger partial charge in [0.2, 0.25) is 0 Å². The molecule has 6 nitrogen and oxygen atoms in total. The molecule has 1 fully saturated rings. The Balaban J connectivity index is 1.88. The Bertz CT molecular complexity index is 930. The van der Waals surface area contributed by atoms with Crippen molar-refractivity contribution in [2.24, 2.45) is 0 Å². The Morgan fingerprint density at radius 1 is 1.44 bits per heavy atom. The highest BCUT2D eigenvalue weighted by Crippen LogP contribution is 2.33. The number of carbonyl (C=O) groups excluding carboxylic acids is 1. The number of rotatable bonds is 2. The number of hydrogen-bond donors (Lipinski definition) is 1. The normalized spacial score (nSPS) is 17.0. The summed E-state index contributed by atoms with van der Waals surface area (Å²) in [6, 6.07) is 4.89. The number of fused-ring (bicyclic) bond motifs is 1. The molecular weight excluding hydrogens is 347 g/mol. The van der Waals surface area contributed by atoms with E-state index in [1.165, 1.54) is 18.3 Å². The Hall–Kier alpha value is -2.88. The molecule has 1 aromatic carbocycles. The van der Waals surface area contributed by atoms with Crippen LogP contribution in [0, 0.1) is 24.1 Å². The number of ether oxygens (including phenoxy) is 1. The van der Waals surface area contributed by atoms with Crippen LogP contribution in [0.4, 0.5) is 14.9 Å². The average molecular weight is 370 g/mol. The van der Waals surface area contributed by atoms with Gasteiger partial charge < -0.3 is 15.0 Å². The second kappa shape index (κ2) is 7.03. The summed E-state index contributed by atoms with van der Waals surface area (Å²) in [5, 5.41) is 13.0. The van der Waals surface area contributed by atoms with Crippen LogP contribution in [0.3, 0.4) is 0 Å². The van der Waals surface area contributed by atoms with Crippen molar-refractivity contribution in [3.05, 3.63) is 35.3 Å². The Morgan fingerprint density at radius 3 is 2.85 bits per heavy atom. The molecule has 0 bridgehead atoms. The predicted octanol–water partition coefficient (Wildman–Crippen LogP) is 3.66. The van der Waals surface area contributed by atoms with Gasteiger partial charge in [-0.05, 0) is 51.8 Å². The number of benzene rings is 1. The average Bonchev–Trinajstić information content (AvgIpc) is 2.99. The van der Waals surface area contributed by atoms with Gasteiger partial charge >= 0.3 is 6.09 Å². The topological polar surface area (TPSA) is 78.3 Å². The molecule has 0 saturated carbocycles. The Labute approximate surface area is 157 Å². The number of aryl methyl sites for hydroxylation is 1. The molecule has 1 N–H and O–H groups in total. The lowest BCUT2D eigenvalue weighted by atomic mass is 10.1. The number of aromatic nitrogens is 1. The zero-order valence-electron chi connectivity index (χ0n) is 16.0. The lowest BCUT2D eigenvalue weighted by molar-refractivity contribution is 0.0509. The predicted molar refractivity (Wildman–Crippen MR) is 101 cm³/mol. The fourth-order valence-electron chi connectivity index (χ4n) is 3.40. The summed E-state index contributed by atoms with van der Waals surface area (Å²) in [4.78, 5) is 18.3. The Kier molecular flexibility index (Phi) is 4.92. The van der Waals surface area contributed by atoms with E-state index in [0.29, 0.717) is 41.7 Å². The monoisotopic (exact) mass is 370 g/mol. The molecule has 142 valence electrons. The third-order valence-corrected chi connectivity index (χ3v) is 4.44. The molecule has 2 heterocycles. The highest BCUT2D eigenvalue weighted by atomic mass is 19.1. The number of pyridine rings is 1. The lowest BCUT2D eigenvalue weighted by Gasteiger charge is -2.24. The van der Waals surface area contributed by atoms with Crippen LogP contribution in [0.25, 0.3) is 10.9 Å². The van der Waals surface area contributed by atoms with Crippen LogP contribution in [0.2, 0.25) is 0 Å². The molecule has 1 aliphatic rings. The SMILES string of the molecule is Cc1cc(F)cc2c(N3CCC(NC(=O)OC(C)(C)C)C3)c(C#N)cnc12. The summed E-state index contributed by atoms with van der Waals surface area (Å²) in [5.41, 5.74) is 1.89. The van der Waals surface area contributed by atoms with Gasteiger partial charge in [-0.3, -0.25) is 4.98 Å². The molecule has 27 heavy (non-hydrogen) atoms. The molecule has 7 heteroatoms. The van der Waals surface area contributed by atoms with Crippen LogP contribution in [0.15, 0.2) is 18.3 Å². The number of hydrogen-bond acceptors (Lipinski definition) is 5. The maximum absolute atomic E-state index is 14.0. The number of carbonyl (C=O) groups is 1. The maximum Gasteiger partial charge on any atom is 0.407 e. The van der Waals surface area contributed by atoms with Gasteiger partial charge in [0.1, 0.15) is 17.5 Å². The van der Waals surface area contributed by atoms with Crippen molar-refractivity contribution in [3.63, 3.8) is 0 Å². The van der Waals surface area contributed by atoms with Crippen molar-refractivity contribution in [2.75, 3.05) is 18.0 Å². The van der Waals surface area contributed by atoms with Crippen molar-refractivity contribution in [3.8, 4) is 6.07 Å². The van der Waals surface area contributed by atoms with Crippen LogP contribution in [-0.4, -0.2) is 35.8 Å². The number of halogens is 1. The summed E-state index contributed by atoms with van der Waals surface area (Å²) in [7, 11) is 0. The first-order chi connectivity index (χ1) is 12.7. The van der Waals surface area contributed by atoms with E-state index in [1.807, 2.05) is 25.7 Å². The van der Waals surface area contributed by atoms with E-state index in [4.69, 9.17) is 4.74 Å². The van der Waals surface area contributed by atoms with Gasteiger partial charge in [0.25, 0.3) is 0 Å². The highest BCUT2D eigenvalue weighted by Gasteiger charge is 2.29. The van der Waals surface area contributed by atoms with Crippen LogP contribution in [0.1, 0.15) is 38.3 Å². The van der Waals surface area contributed by atoms with Gasteiger partial charge in [-0.2, -0.15) is 5.26 Å². The quantitative estimate of drug-likeness (QED) is 0.873. The molecule has 0 radical (unpaired) electrons. The van der Waals surface area contributed by atoms with Crippen molar-refractivity contribution in [1.82, 2.24) is 10.3 Å². The van der Waals surface area contributed by atoms with Gasteiger partial charge in [-0.25, -0.2) is 9.18 Å². The molecule has 1 amide bonds. The van der Waals surface area contributed by atoms with Crippen molar-refractivity contribution in [1.29, 1.82) is 5.26 Å². The van der Waals surface area contributed by atoms with Crippen molar-refractivity contribution in [2.45, 2.75) is 45.8 Å². The standard InChI is InChI=1S/C20H23FN4O2/c1-12-7-14(21)8-16-17(12)23-10-13(9-22)18(16)25-6-5-15(11-25)24-19(26)27-20(2,3)4/h7-8,10,15H,5-6,11H2,1-4H3,(H,24,26). The molecule has 1 unspecified atom stereocenters. The van der Waals surface area contributed by atoms with Crippen molar-refractivity contribution >= 4 is 22.7 Å². The summed E-state index contributed by atoms with van der Waals surface area (Å²) in [6.07, 6.45) is 1.77. The number of nitriles is 1. The molecule has 1 saturated heterocycles. The molecule has 1 aromatic heterocycles. The molecule has 2 aromatic rings. The first-order valence-electron chi connectivity index (χ1n) is 8.91. The van der Waals surface area contributed by atoms with Gasteiger partial charge in [-0.1, -0.05) is 0 Å².